The fourth-order valence-corrected chi connectivity index (χ4v) is 1.21. The number of unbranched alkanes of at least 4 members (excludes halogenated alkanes) is 3. The Morgan fingerprint density at radius 1 is 1.20 bits per heavy atom. The number of aliphatic hydroxyl groups is 1. The first-order chi connectivity index (χ1) is 7.33. The number of halogens is 1. The van der Waals surface area contributed by atoms with Crippen LogP contribution in [0, 0.1) is 5.95 Å². The number of aromatic nitrogens is 1. The van der Waals surface area contributed by atoms with E-state index in [9.17, 15) is 4.39 Å². The van der Waals surface area contributed by atoms with Crippen molar-refractivity contribution in [1.29, 1.82) is 0 Å². The molecule has 1 heterocycles. The largest absolute Gasteiger partial charge is 0.492 e. The molecule has 84 valence electrons. The second-order valence-electron chi connectivity index (χ2n) is 3.30. The van der Waals surface area contributed by atoms with E-state index in [0.717, 1.165) is 25.7 Å². The Hall–Kier alpha value is -1.16. The van der Waals surface area contributed by atoms with Crippen LogP contribution in [0.1, 0.15) is 25.7 Å². The van der Waals surface area contributed by atoms with Crippen molar-refractivity contribution in [2.45, 2.75) is 25.7 Å². The molecule has 4 heteroatoms. The molecule has 0 spiro atoms. The molecule has 0 amide bonds. The first-order valence-corrected chi connectivity index (χ1v) is 5.18. The predicted molar refractivity (Wildman–Crippen MR) is 55.2 cm³/mol. The molecular weight excluding hydrogens is 197 g/mol. The predicted octanol–water partition coefficient (Wildman–Crippen LogP) is 2.15. The van der Waals surface area contributed by atoms with Gasteiger partial charge in [0.25, 0.3) is 0 Å². The molecule has 1 aromatic heterocycles. The molecule has 0 bridgehead atoms. The van der Waals surface area contributed by atoms with E-state index >= 15 is 0 Å². The van der Waals surface area contributed by atoms with E-state index in [4.69, 9.17) is 9.84 Å². The SMILES string of the molecule is OCCCCCCOc1ccc(F)nc1. The summed E-state index contributed by atoms with van der Waals surface area (Å²) < 4.78 is 17.8. The van der Waals surface area contributed by atoms with Crippen LogP contribution in [-0.4, -0.2) is 23.3 Å². The molecule has 1 aromatic rings. The van der Waals surface area contributed by atoms with Crippen molar-refractivity contribution < 1.29 is 14.2 Å². The standard InChI is InChI=1S/C11H16FNO2/c12-11-6-5-10(9-13-11)15-8-4-2-1-3-7-14/h5-6,9,14H,1-4,7-8H2. The summed E-state index contributed by atoms with van der Waals surface area (Å²) in [5.41, 5.74) is 0. The maximum absolute atomic E-state index is 12.4. The highest BCUT2D eigenvalue weighted by Gasteiger charge is 1.95. The molecule has 0 saturated heterocycles. The van der Waals surface area contributed by atoms with Gasteiger partial charge >= 0.3 is 0 Å². The average molecular weight is 213 g/mol. The third-order valence-electron chi connectivity index (χ3n) is 2.02. The number of hydrogen-bond donors (Lipinski definition) is 1. The zero-order valence-corrected chi connectivity index (χ0v) is 8.66. The molecule has 0 aliphatic heterocycles. The fourth-order valence-electron chi connectivity index (χ4n) is 1.21. The molecular formula is C11H16FNO2. The zero-order valence-electron chi connectivity index (χ0n) is 8.66. The smallest absolute Gasteiger partial charge is 0.213 e. The van der Waals surface area contributed by atoms with Crippen molar-refractivity contribution in [2.24, 2.45) is 0 Å². The minimum absolute atomic E-state index is 0.253. The highest BCUT2D eigenvalue weighted by molar-refractivity contribution is 5.15. The molecule has 0 radical (unpaired) electrons. The van der Waals surface area contributed by atoms with Crippen LogP contribution in [0.5, 0.6) is 5.75 Å². The van der Waals surface area contributed by atoms with Gasteiger partial charge in [-0.2, -0.15) is 4.39 Å². The van der Waals surface area contributed by atoms with Crippen molar-refractivity contribution in [1.82, 2.24) is 4.98 Å². The highest BCUT2D eigenvalue weighted by atomic mass is 19.1. The minimum atomic E-state index is -0.495. The first-order valence-electron chi connectivity index (χ1n) is 5.18. The second-order valence-corrected chi connectivity index (χ2v) is 3.30. The van der Waals surface area contributed by atoms with Gasteiger partial charge in [0.1, 0.15) is 5.75 Å². The Morgan fingerprint density at radius 3 is 2.67 bits per heavy atom. The number of hydrogen-bond acceptors (Lipinski definition) is 3. The maximum atomic E-state index is 12.4. The Bertz CT molecular complexity index is 264. The van der Waals surface area contributed by atoms with Gasteiger partial charge in [0.15, 0.2) is 0 Å². The molecule has 0 saturated carbocycles. The Balaban J connectivity index is 2.07. The summed E-state index contributed by atoms with van der Waals surface area (Å²) in [6, 6.07) is 2.84. The van der Waals surface area contributed by atoms with Crippen molar-refractivity contribution in [3.05, 3.63) is 24.3 Å². The topological polar surface area (TPSA) is 42.4 Å². The molecule has 0 aliphatic carbocycles. The van der Waals surface area contributed by atoms with Crippen LogP contribution >= 0.6 is 0 Å². The number of ether oxygens (including phenoxy) is 1. The Kier molecular flexibility index (Phi) is 5.70. The third-order valence-corrected chi connectivity index (χ3v) is 2.02. The molecule has 0 atom stereocenters. The van der Waals surface area contributed by atoms with Gasteiger partial charge < -0.3 is 9.84 Å². The molecule has 1 N–H and O–H groups in total. The van der Waals surface area contributed by atoms with E-state index in [0.29, 0.717) is 12.4 Å². The number of pyridine rings is 1. The minimum Gasteiger partial charge on any atom is -0.492 e. The van der Waals surface area contributed by atoms with E-state index in [1.807, 2.05) is 0 Å². The van der Waals surface area contributed by atoms with Crippen LogP contribution in [0.4, 0.5) is 4.39 Å². The summed E-state index contributed by atoms with van der Waals surface area (Å²) in [7, 11) is 0. The van der Waals surface area contributed by atoms with Gasteiger partial charge in [-0.15, -0.1) is 0 Å². The summed E-state index contributed by atoms with van der Waals surface area (Å²) in [5.74, 6) is 0.101. The average Bonchev–Trinajstić information content (AvgIpc) is 2.26. The van der Waals surface area contributed by atoms with Gasteiger partial charge in [0.05, 0.1) is 12.8 Å². The van der Waals surface area contributed by atoms with Gasteiger partial charge in [0.2, 0.25) is 5.95 Å². The number of aliphatic hydroxyl groups excluding tert-OH is 1. The van der Waals surface area contributed by atoms with E-state index in [-0.39, 0.29) is 6.61 Å². The summed E-state index contributed by atoms with van der Waals surface area (Å²) in [5, 5.41) is 8.55. The Labute approximate surface area is 88.9 Å². The lowest BCUT2D eigenvalue weighted by molar-refractivity contribution is 0.273. The molecule has 0 unspecified atom stereocenters. The molecule has 0 aromatic carbocycles. The highest BCUT2D eigenvalue weighted by Crippen LogP contribution is 2.09. The number of nitrogens with zero attached hydrogens (tertiary/aromatic N) is 1. The van der Waals surface area contributed by atoms with E-state index in [1.165, 1.54) is 12.3 Å². The lowest BCUT2D eigenvalue weighted by atomic mass is 10.2. The second kappa shape index (κ2) is 7.17. The first kappa shape index (κ1) is 11.9. The summed E-state index contributed by atoms with van der Waals surface area (Å²) in [6.07, 6.45) is 5.22. The van der Waals surface area contributed by atoms with Gasteiger partial charge in [0, 0.05) is 6.61 Å². The third kappa shape index (κ3) is 5.32. The molecule has 3 nitrogen and oxygen atoms in total. The maximum Gasteiger partial charge on any atom is 0.213 e. The van der Waals surface area contributed by atoms with Crippen LogP contribution in [0.25, 0.3) is 0 Å². The number of rotatable bonds is 7. The molecule has 1 rings (SSSR count). The van der Waals surface area contributed by atoms with Gasteiger partial charge in [-0.1, -0.05) is 6.42 Å². The quantitative estimate of drug-likeness (QED) is 0.557. The van der Waals surface area contributed by atoms with Gasteiger partial charge in [-0.05, 0) is 31.4 Å². The van der Waals surface area contributed by atoms with Crippen molar-refractivity contribution in [2.75, 3.05) is 13.2 Å². The zero-order chi connectivity index (χ0) is 10.9. The van der Waals surface area contributed by atoms with E-state index in [1.54, 1.807) is 6.07 Å². The summed E-state index contributed by atoms with van der Waals surface area (Å²) >= 11 is 0. The van der Waals surface area contributed by atoms with Crippen molar-refractivity contribution in [3.63, 3.8) is 0 Å². The van der Waals surface area contributed by atoms with Crippen LogP contribution < -0.4 is 4.74 Å². The Morgan fingerprint density at radius 2 is 2.00 bits per heavy atom. The van der Waals surface area contributed by atoms with Crippen LogP contribution in [0.3, 0.4) is 0 Å². The molecule has 0 fully saturated rings. The van der Waals surface area contributed by atoms with Crippen LogP contribution in [0.15, 0.2) is 18.3 Å². The fraction of sp³-hybridized carbons (Fsp3) is 0.545. The lowest BCUT2D eigenvalue weighted by Crippen LogP contribution is -1.98. The van der Waals surface area contributed by atoms with Crippen molar-refractivity contribution >= 4 is 0 Å². The molecule has 0 aliphatic rings. The van der Waals surface area contributed by atoms with Crippen LogP contribution in [0.2, 0.25) is 0 Å². The molecule has 15 heavy (non-hydrogen) atoms. The van der Waals surface area contributed by atoms with Crippen molar-refractivity contribution in [3.8, 4) is 5.75 Å². The summed E-state index contributed by atoms with van der Waals surface area (Å²) in [6.45, 7) is 0.863. The van der Waals surface area contributed by atoms with Gasteiger partial charge in [-0.3, -0.25) is 0 Å². The normalized spacial score (nSPS) is 10.3. The summed E-state index contributed by atoms with van der Waals surface area (Å²) in [4.78, 5) is 3.48. The van der Waals surface area contributed by atoms with Gasteiger partial charge in [-0.25, -0.2) is 4.98 Å². The van der Waals surface area contributed by atoms with E-state index in [2.05, 4.69) is 4.98 Å². The van der Waals surface area contributed by atoms with E-state index < -0.39 is 5.95 Å². The lowest BCUT2D eigenvalue weighted by Gasteiger charge is -2.04. The monoisotopic (exact) mass is 213 g/mol. The van der Waals surface area contributed by atoms with Crippen LogP contribution in [-0.2, 0) is 0 Å².